The summed E-state index contributed by atoms with van der Waals surface area (Å²) < 4.78 is 30.0. The molecule has 1 unspecified atom stereocenters. The second-order valence-corrected chi connectivity index (χ2v) is 8.40. The van der Waals surface area contributed by atoms with Crippen LogP contribution in [0.15, 0.2) is 64.1 Å². The summed E-state index contributed by atoms with van der Waals surface area (Å²) >= 11 is 0. The van der Waals surface area contributed by atoms with Gasteiger partial charge in [-0.1, -0.05) is 54.5 Å². The molecule has 39 heavy (non-hydrogen) atoms. The molecule has 0 aliphatic carbocycles. The molecule has 11 nitrogen and oxygen atoms in total. The number of benzene rings is 2. The molecule has 0 saturated carbocycles. The lowest BCUT2D eigenvalue weighted by molar-refractivity contribution is 0.0956. The van der Waals surface area contributed by atoms with Gasteiger partial charge in [0.05, 0.1) is 45.3 Å². The fourth-order valence-corrected chi connectivity index (χ4v) is 3.56. The Kier molecular flexibility index (Phi) is 12.3. The second-order valence-electron chi connectivity index (χ2n) is 8.40. The molecule has 0 saturated heterocycles. The number of guanidine groups is 2. The lowest BCUT2D eigenvalue weighted by Crippen LogP contribution is -2.47. The zero-order chi connectivity index (χ0) is 27.9. The van der Waals surface area contributed by atoms with Crippen molar-refractivity contribution in [1.29, 1.82) is 5.41 Å². The van der Waals surface area contributed by atoms with Crippen molar-refractivity contribution in [2.45, 2.75) is 12.8 Å². The van der Waals surface area contributed by atoms with Crippen LogP contribution in [0, 0.1) is 11.2 Å². The van der Waals surface area contributed by atoms with Crippen LogP contribution < -0.4 is 16.0 Å². The molecular formula is C27H35FN6O5. The van der Waals surface area contributed by atoms with Crippen LogP contribution in [0.1, 0.15) is 24.1 Å². The van der Waals surface area contributed by atoms with E-state index in [9.17, 15) is 4.39 Å². The van der Waals surface area contributed by atoms with Crippen molar-refractivity contribution in [2.24, 2.45) is 4.99 Å². The van der Waals surface area contributed by atoms with Crippen molar-refractivity contribution < 1.29 is 28.6 Å². The Morgan fingerprint density at radius 1 is 1.00 bits per heavy atom. The van der Waals surface area contributed by atoms with Crippen LogP contribution in [0.2, 0.25) is 0 Å². The smallest absolute Gasteiger partial charge is 0.253 e. The number of rotatable bonds is 14. The quantitative estimate of drug-likeness (QED) is 0.102. The van der Waals surface area contributed by atoms with E-state index in [1.54, 1.807) is 24.3 Å². The predicted octanol–water partition coefficient (Wildman–Crippen LogP) is 2.34. The fourth-order valence-electron chi connectivity index (χ4n) is 3.56. The van der Waals surface area contributed by atoms with Gasteiger partial charge >= 0.3 is 0 Å². The minimum atomic E-state index is -0.270. The summed E-state index contributed by atoms with van der Waals surface area (Å²) in [6.07, 6.45) is 0. The third kappa shape index (κ3) is 9.76. The molecule has 0 spiro atoms. The highest BCUT2D eigenvalue weighted by molar-refractivity contribution is 5.98. The normalized spacial score (nSPS) is 12.3. The molecule has 2 aromatic carbocycles. The number of halogens is 1. The van der Waals surface area contributed by atoms with E-state index < -0.39 is 0 Å². The third-order valence-corrected chi connectivity index (χ3v) is 5.58. The maximum atomic E-state index is 14.1. The first-order chi connectivity index (χ1) is 19.0. The summed E-state index contributed by atoms with van der Waals surface area (Å²) in [5.74, 6) is 0.0652. The summed E-state index contributed by atoms with van der Waals surface area (Å²) in [5.41, 5.74) is 2.97. The molecule has 0 aliphatic heterocycles. The Bertz CT molecular complexity index is 1190. The Hall–Kier alpha value is -3.84. The summed E-state index contributed by atoms with van der Waals surface area (Å²) in [5, 5.41) is 38.6. The number of aliphatic hydroxyl groups excluding tert-OH is 2. The monoisotopic (exact) mass is 542 g/mol. The highest BCUT2D eigenvalue weighted by Crippen LogP contribution is 2.29. The SMILES string of the molecule is CC(c1ccc(-c2ccccc2F)cc1)c1cc(/N=C(\NCCOCCO)NC(=N)NCCOCCO)on1. The van der Waals surface area contributed by atoms with Crippen molar-refractivity contribution >= 4 is 17.8 Å². The number of ether oxygens (including phenoxy) is 2. The van der Waals surface area contributed by atoms with Gasteiger partial charge in [0.25, 0.3) is 5.88 Å². The van der Waals surface area contributed by atoms with E-state index in [0.717, 1.165) is 11.1 Å². The van der Waals surface area contributed by atoms with Crippen molar-refractivity contribution in [2.75, 3.05) is 52.7 Å². The number of aromatic nitrogens is 1. The minimum absolute atomic E-state index is 0.0202. The molecule has 1 aromatic heterocycles. The van der Waals surface area contributed by atoms with Crippen LogP contribution in [0.5, 0.6) is 0 Å². The van der Waals surface area contributed by atoms with Crippen LogP contribution in [-0.4, -0.2) is 80.0 Å². The molecule has 0 radical (unpaired) electrons. The second kappa shape index (κ2) is 16.2. The molecule has 12 heteroatoms. The lowest BCUT2D eigenvalue weighted by atomic mass is 9.95. The Morgan fingerprint density at radius 3 is 2.33 bits per heavy atom. The minimum Gasteiger partial charge on any atom is -0.394 e. The van der Waals surface area contributed by atoms with Crippen LogP contribution in [0.3, 0.4) is 0 Å². The Balaban J connectivity index is 1.65. The van der Waals surface area contributed by atoms with Gasteiger partial charge in [0.1, 0.15) is 5.82 Å². The summed E-state index contributed by atoms with van der Waals surface area (Å²) in [6, 6.07) is 16.0. The van der Waals surface area contributed by atoms with Crippen LogP contribution in [0.25, 0.3) is 11.1 Å². The topological polar surface area (TPSA) is 157 Å². The van der Waals surface area contributed by atoms with Crippen molar-refractivity contribution in [3.63, 3.8) is 0 Å². The van der Waals surface area contributed by atoms with Gasteiger partial charge < -0.3 is 34.8 Å². The van der Waals surface area contributed by atoms with Gasteiger partial charge in [-0.15, -0.1) is 0 Å². The fraction of sp³-hybridized carbons (Fsp3) is 0.370. The molecule has 1 heterocycles. The highest BCUT2D eigenvalue weighted by atomic mass is 19.1. The van der Waals surface area contributed by atoms with Crippen LogP contribution >= 0.6 is 0 Å². The van der Waals surface area contributed by atoms with Crippen LogP contribution in [-0.2, 0) is 9.47 Å². The van der Waals surface area contributed by atoms with Gasteiger partial charge in [0.15, 0.2) is 5.96 Å². The van der Waals surface area contributed by atoms with Crippen LogP contribution in [0.4, 0.5) is 10.3 Å². The first-order valence-corrected chi connectivity index (χ1v) is 12.6. The molecule has 0 bridgehead atoms. The maximum Gasteiger partial charge on any atom is 0.253 e. The zero-order valence-electron chi connectivity index (χ0n) is 21.8. The van der Waals surface area contributed by atoms with Crippen molar-refractivity contribution in [3.05, 3.63) is 71.7 Å². The number of hydrogen-bond acceptors (Lipinski definition) is 8. The van der Waals surface area contributed by atoms with Gasteiger partial charge in [-0.05, 0) is 17.2 Å². The number of hydrogen-bond donors (Lipinski definition) is 6. The average Bonchev–Trinajstić information content (AvgIpc) is 3.41. The zero-order valence-corrected chi connectivity index (χ0v) is 21.8. The van der Waals surface area contributed by atoms with Gasteiger partial charge in [-0.3, -0.25) is 10.7 Å². The first-order valence-electron chi connectivity index (χ1n) is 12.6. The molecule has 0 fully saturated rings. The Morgan fingerprint density at radius 2 is 1.67 bits per heavy atom. The summed E-state index contributed by atoms with van der Waals surface area (Å²) in [6.45, 7) is 3.66. The lowest BCUT2D eigenvalue weighted by Gasteiger charge is -2.14. The first kappa shape index (κ1) is 29.7. The number of aliphatic imine (C=N–C) groups is 1. The Labute approximate surface area is 226 Å². The van der Waals surface area contributed by atoms with E-state index >= 15 is 0 Å². The predicted molar refractivity (Wildman–Crippen MR) is 146 cm³/mol. The largest absolute Gasteiger partial charge is 0.394 e. The molecule has 6 N–H and O–H groups in total. The molecular weight excluding hydrogens is 507 g/mol. The number of nitrogens with zero attached hydrogens (tertiary/aromatic N) is 2. The van der Waals surface area contributed by atoms with Crippen molar-refractivity contribution in [3.8, 4) is 11.1 Å². The van der Waals surface area contributed by atoms with Crippen molar-refractivity contribution in [1.82, 2.24) is 21.1 Å². The molecule has 1 atom stereocenters. The molecule has 210 valence electrons. The van der Waals surface area contributed by atoms with Gasteiger partial charge in [0, 0.05) is 30.6 Å². The molecule has 0 amide bonds. The average molecular weight is 543 g/mol. The standard InChI is InChI=1S/C27H35FN6O5/c1-19(20-6-8-21(9-7-20)22-4-2-3-5-23(22)28)24-18-25(39-34-24)32-27(31-11-15-38-17-13-36)33-26(29)30-10-14-37-16-12-35/h2-9,18-19,35-36H,10-17H2,1H3,(H4,29,30,31,32,33). The van der Waals surface area contributed by atoms with Gasteiger partial charge in [0.2, 0.25) is 5.96 Å². The number of nitrogens with one attached hydrogen (secondary N) is 4. The van der Waals surface area contributed by atoms with E-state index in [1.165, 1.54) is 6.07 Å². The van der Waals surface area contributed by atoms with E-state index in [1.807, 2.05) is 31.2 Å². The van der Waals surface area contributed by atoms with Gasteiger partial charge in [-0.25, -0.2) is 4.39 Å². The summed E-state index contributed by atoms with van der Waals surface area (Å²) in [4.78, 5) is 4.41. The van der Waals surface area contributed by atoms with E-state index in [4.69, 9.17) is 29.6 Å². The summed E-state index contributed by atoms with van der Waals surface area (Å²) in [7, 11) is 0. The van der Waals surface area contributed by atoms with E-state index in [2.05, 4.69) is 26.1 Å². The molecule has 0 aliphatic rings. The highest BCUT2D eigenvalue weighted by Gasteiger charge is 2.15. The number of aliphatic hydroxyl groups is 2. The molecule has 3 rings (SSSR count). The maximum absolute atomic E-state index is 14.1. The van der Waals surface area contributed by atoms with E-state index in [-0.39, 0.29) is 56.0 Å². The van der Waals surface area contributed by atoms with E-state index in [0.29, 0.717) is 37.6 Å². The van der Waals surface area contributed by atoms with Gasteiger partial charge in [-0.2, -0.15) is 4.99 Å². The third-order valence-electron chi connectivity index (χ3n) is 5.58. The molecule has 3 aromatic rings.